The Balaban J connectivity index is 1.40. The van der Waals surface area contributed by atoms with Crippen LogP contribution in [0.4, 0.5) is 10.5 Å². The van der Waals surface area contributed by atoms with Crippen LogP contribution in [0, 0.1) is 0 Å². The molecule has 0 atom stereocenters. The third-order valence-electron chi connectivity index (χ3n) is 6.12. The zero-order valence-electron chi connectivity index (χ0n) is 20.6. The van der Waals surface area contributed by atoms with Gasteiger partial charge in [-0.05, 0) is 65.6 Å². The molecule has 0 aliphatic carbocycles. The van der Waals surface area contributed by atoms with E-state index in [4.69, 9.17) is 18.9 Å². The molecule has 0 aromatic heterocycles. The molecule has 0 unspecified atom stereocenters. The lowest BCUT2D eigenvalue weighted by atomic mass is 10.1. The molecule has 38 heavy (non-hydrogen) atoms. The van der Waals surface area contributed by atoms with E-state index in [0.29, 0.717) is 38.7 Å². The van der Waals surface area contributed by atoms with Crippen LogP contribution in [-0.4, -0.2) is 31.7 Å². The number of barbiturate groups is 1. The Morgan fingerprint density at radius 3 is 2.45 bits per heavy atom. The Bertz CT molecular complexity index is 1470. The minimum Gasteiger partial charge on any atom is -0.493 e. The van der Waals surface area contributed by atoms with Crippen molar-refractivity contribution in [3.63, 3.8) is 0 Å². The maximum Gasteiger partial charge on any atom is 0.335 e. The van der Waals surface area contributed by atoms with Crippen molar-refractivity contribution >= 4 is 45.5 Å². The van der Waals surface area contributed by atoms with Crippen molar-refractivity contribution in [3.8, 4) is 23.0 Å². The number of hydrogen-bond donors (Lipinski definition) is 1. The number of carbonyl (C=O) groups excluding carboxylic acids is 3. The lowest BCUT2D eigenvalue weighted by Crippen LogP contribution is -2.54. The van der Waals surface area contributed by atoms with Crippen LogP contribution in [0.5, 0.6) is 23.0 Å². The zero-order chi connectivity index (χ0) is 26.8. The summed E-state index contributed by atoms with van der Waals surface area (Å²) in [4.78, 5) is 39.4. The maximum absolute atomic E-state index is 13.3. The SMILES string of the molecule is CCc1ccc(N2C(=O)NC(=O)/C(=C/c3cc(OC)c(OCc4ccc5c(c4)OCO5)cc3Br)C2=O)cc1. The normalized spacial score (nSPS) is 15.6. The summed E-state index contributed by atoms with van der Waals surface area (Å²) in [6, 6.07) is 15.1. The molecule has 0 saturated carbocycles. The number of amides is 4. The smallest absolute Gasteiger partial charge is 0.335 e. The number of aryl methyl sites for hydroxylation is 1. The molecule has 4 amide bonds. The number of ether oxygens (including phenoxy) is 4. The number of methoxy groups -OCH3 is 1. The van der Waals surface area contributed by atoms with Gasteiger partial charge in [0.25, 0.3) is 11.8 Å². The summed E-state index contributed by atoms with van der Waals surface area (Å²) in [6.45, 7) is 2.44. The fourth-order valence-electron chi connectivity index (χ4n) is 4.05. The zero-order valence-corrected chi connectivity index (χ0v) is 22.2. The fraction of sp³-hybridized carbons (Fsp3) is 0.179. The van der Waals surface area contributed by atoms with Crippen LogP contribution in [-0.2, 0) is 22.6 Å². The molecule has 1 saturated heterocycles. The molecule has 0 spiro atoms. The standard InChI is InChI=1S/C28H23BrN2O7/c1-3-16-4-7-19(8-5-16)31-27(33)20(26(32)30-28(31)34)11-18-12-23(35-2)25(13-21(18)29)36-14-17-6-9-22-24(10-17)38-15-37-22/h4-13H,3,14-15H2,1-2H3,(H,30,32,34)/b20-11-. The van der Waals surface area contributed by atoms with E-state index in [2.05, 4.69) is 21.2 Å². The van der Waals surface area contributed by atoms with Gasteiger partial charge < -0.3 is 18.9 Å². The average molecular weight is 579 g/mol. The number of anilines is 1. The van der Waals surface area contributed by atoms with Gasteiger partial charge in [0.15, 0.2) is 23.0 Å². The van der Waals surface area contributed by atoms with Gasteiger partial charge >= 0.3 is 6.03 Å². The van der Waals surface area contributed by atoms with Crippen LogP contribution >= 0.6 is 15.9 Å². The van der Waals surface area contributed by atoms with Crippen LogP contribution in [0.15, 0.2) is 64.6 Å². The van der Waals surface area contributed by atoms with Crippen molar-refractivity contribution in [2.24, 2.45) is 0 Å². The second-order valence-electron chi connectivity index (χ2n) is 8.48. The van der Waals surface area contributed by atoms with Crippen molar-refractivity contribution < 1.29 is 33.3 Å². The van der Waals surface area contributed by atoms with Gasteiger partial charge in [-0.2, -0.15) is 0 Å². The second kappa shape index (κ2) is 10.6. The van der Waals surface area contributed by atoms with Crippen LogP contribution in [0.3, 0.4) is 0 Å². The van der Waals surface area contributed by atoms with Crippen LogP contribution in [0.1, 0.15) is 23.6 Å². The number of nitrogens with zero attached hydrogens (tertiary/aromatic N) is 1. The predicted octanol–water partition coefficient (Wildman–Crippen LogP) is 4.99. The van der Waals surface area contributed by atoms with Gasteiger partial charge in [0, 0.05) is 4.47 Å². The van der Waals surface area contributed by atoms with Crippen molar-refractivity contribution in [2.75, 3.05) is 18.8 Å². The van der Waals surface area contributed by atoms with E-state index in [1.807, 2.05) is 37.3 Å². The number of carbonyl (C=O) groups is 3. The quantitative estimate of drug-likeness (QED) is 0.311. The van der Waals surface area contributed by atoms with Gasteiger partial charge in [-0.1, -0.05) is 41.1 Å². The highest BCUT2D eigenvalue weighted by molar-refractivity contribution is 9.10. The first-order chi connectivity index (χ1) is 18.4. The summed E-state index contributed by atoms with van der Waals surface area (Å²) >= 11 is 3.49. The van der Waals surface area contributed by atoms with Gasteiger partial charge in [-0.15, -0.1) is 0 Å². The first kappa shape index (κ1) is 25.3. The molecule has 3 aromatic carbocycles. The minimum atomic E-state index is -0.801. The Hall–Kier alpha value is -4.31. The first-order valence-electron chi connectivity index (χ1n) is 11.8. The van der Waals surface area contributed by atoms with E-state index in [1.165, 1.54) is 13.2 Å². The second-order valence-corrected chi connectivity index (χ2v) is 9.33. The number of benzene rings is 3. The largest absolute Gasteiger partial charge is 0.493 e. The number of halogens is 1. The summed E-state index contributed by atoms with van der Waals surface area (Å²) in [5.74, 6) is 0.683. The van der Waals surface area contributed by atoms with E-state index in [-0.39, 0.29) is 19.0 Å². The number of hydrogen-bond acceptors (Lipinski definition) is 7. The highest BCUT2D eigenvalue weighted by Crippen LogP contribution is 2.37. The Labute approximate surface area is 227 Å². The highest BCUT2D eigenvalue weighted by atomic mass is 79.9. The third-order valence-corrected chi connectivity index (χ3v) is 6.81. The van der Waals surface area contributed by atoms with Gasteiger partial charge in [0.1, 0.15) is 12.2 Å². The molecule has 2 heterocycles. The summed E-state index contributed by atoms with van der Waals surface area (Å²) < 4.78 is 22.8. The lowest BCUT2D eigenvalue weighted by Gasteiger charge is -2.26. The monoisotopic (exact) mass is 578 g/mol. The van der Waals surface area contributed by atoms with Crippen molar-refractivity contribution in [3.05, 3.63) is 81.3 Å². The van der Waals surface area contributed by atoms with Gasteiger partial charge in [0.2, 0.25) is 6.79 Å². The Kier molecular flexibility index (Phi) is 7.06. The van der Waals surface area contributed by atoms with E-state index in [9.17, 15) is 14.4 Å². The third kappa shape index (κ3) is 4.95. The number of urea groups is 1. The van der Waals surface area contributed by atoms with Crippen molar-refractivity contribution in [1.29, 1.82) is 0 Å². The van der Waals surface area contributed by atoms with E-state index in [1.54, 1.807) is 24.3 Å². The molecular formula is C28H23BrN2O7. The summed E-state index contributed by atoms with van der Waals surface area (Å²) in [5, 5.41) is 2.24. The van der Waals surface area contributed by atoms with E-state index in [0.717, 1.165) is 22.4 Å². The molecule has 0 radical (unpaired) electrons. The molecule has 3 aromatic rings. The maximum atomic E-state index is 13.3. The molecule has 5 rings (SSSR count). The predicted molar refractivity (Wildman–Crippen MR) is 142 cm³/mol. The number of rotatable bonds is 7. The molecular weight excluding hydrogens is 556 g/mol. The molecule has 0 bridgehead atoms. The van der Waals surface area contributed by atoms with Crippen molar-refractivity contribution in [1.82, 2.24) is 5.32 Å². The van der Waals surface area contributed by atoms with Crippen molar-refractivity contribution in [2.45, 2.75) is 20.0 Å². The first-order valence-corrected chi connectivity index (χ1v) is 12.6. The molecule has 10 heteroatoms. The molecule has 1 N–H and O–H groups in total. The van der Waals surface area contributed by atoms with Crippen LogP contribution in [0.2, 0.25) is 0 Å². The Morgan fingerprint density at radius 2 is 1.71 bits per heavy atom. The molecule has 9 nitrogen and oxygen atoms in total. The van der Waals surface area contributed by atoms with Gasteiger partial charge in [-0.3, -0.25) is 14.9 Å². The molecule has 2 aliphatic heterocycles. The van der Waals surface area contributed by atoms with Crippen LogP contribution in [0.25, 0.3) is 6.08 Å². The summed E-state index contributed by atoms with van der Waals surface area (Å²) in [7, 11) is 1.49. The minimum absolute atomic E-state index is 0.189. The summed E-state index contributed by atoms with van der Waals surface area (Å²) in [5.41, 5.74) is 2.60. The van der Waals surface area contributed by atoms with E-state index < -0.39 is 17.8 Å². The van der Waals surface area contributed by atoms with Gasteiger partial charge in [-0.25, -0.2) is 9.69 Å². The number of imide groups is 2. The number of fused-ring (bicyclic) bond motifs is 1. The molecule has 194 valence electrons. The van der Waals surface area contributed by atoms with E-state index >= 15 is 0 Å². The molecule has 2 aliphatic rings. The summed E-state index contributed by atoms with van der Waals surface area (Å²) in [6.07, 6.45) is 2.22. The average Bonchev–Trinajstić information content (AvgIpc) is 3.39. The van der Waals surface area contributed by atoms with Crippen LogP contribution < -0.4 is 29.2 Å². The molecule has 1 fully saturated rings. The van der Waals surface area contributed by atoms with Gasteiger partial charge in [0.05, 0.1) is 12.8 Å². The Morgan fingerprint density at radius 1 is 0.974 bits per heavy atom. The lowest BCUT2D eigenvalue weighted by molar-refractivity contribution is -0.122. The fourth-order valence-corrected chi connectivity index (χ4v) is 4.49. The highest BCUT2D eigenvalue weighted by Gasteiger charge is 2.37. The topological polar surface area (TPSA) is 103 Å². The number of nitrogens with one attached hydrogen (secondary N) is 1.